The third-order valence-corrected chi connectivity index (χ3v) is 1.22. The smallest absolute Gasteiger partial charge is 0.225 e. The van der Waals surface area contributed by atoms with Crippen LogP contribution in [0, 0.1) is 0 Å². The molecule has 0 aliphatic rings. The second-order valence-corrected chi connectivity index (χ2v) is 1.88. The number of rotatable bonds is 0. The van der Waals surface area contributed by atoms with Crippen LogP contribution in [-0.4, -0.2) is 9.61 Å². The summed E-state index contributed by atoms with van der Waals surface area (Å²) >= 11 is 0. The average Bonchev–Trinajstić information content (AvgIpc) is 2.33. The zero-order chi connectivity index (χ0) is 6.97. The van der Waals surface area contributed by atoms with E-state index in [1.807, 2.05) is 0 Å². The molecule has 0 N–H and O–H groups in total. The lowest BCUT2D eigenvalue weighted by Crippen LogP contribution is -1.98. The maximum atomic E-state index is 10.7. The number of hydrogen-bond acceptors (Lipinski definition) is 3. The molecule has 0 aliphatic heterocycles. The zero-order valence-corrected chi connectivity index (χ0v) is 5.02. The lowest BCUT2D eigenvalue weighted by atomic mass is 10.5. The van der Waals surface area contributed by atoms with Gasteiger partial charge in [-0.3, -0.25) is 4.79 Å². The standard InChI is InChI=1S/C6H4N2O2/c9-5-1-2-8-6(3-5)10-4-7-8/h1-4H. The fraction of sp³-hybridized carbons (Fsp3) is 0. The van der Waals surface area contributed by atoms with E-state index in [4.69, 9.17) is 4.42 Å². The molecular weight excluding hydrogens is 132 g/mol. The Bertz CT molecular complexity index is 401. The minimum Gasteiger partial charge on any atom is -0.426 e. The number of hydrogen-bond donors (Lipinski definition) is 0. The third kappa shape index (κ3) is 0.621. The van der Waals surface area contributed by atoms with E-state index in [1.54, 1.807) is 6.20 Å². The highest BCUT2D eigenvalue weighted by atomic mass is 16.4. The van der Waals surface area contributed by atoms with E-state index >= 15 is 0 Å². The van der Waals surface area contributed by atoms with Crippen LogP contribution in [0.5, 0.6) is 0 Å². The summed E-state index contributed by atoms with van der Waals surface area (Å²) in [4.78, 5) is 10.7. The molecule has 2 rings (SSSR count). The van der Waals surface area contributed by atoms with E-state index < -0.39 is 0 Å². The largest absolute Gasteiger partial charge is 0.426 e. The van der Waals surface area contributed by atoms with Crippen molar-refractivity contribution in [3.8, 4) is 0 Å². The van der Waals surface area contributed by atoms with Gasteiger partial charge in [0.1, 0.15) is 0 Å². The molecule has 0 saturated carbocycles. The Hall–Kier alpha value is -1.58. The summed E-state index contributed by atoms with van der Waals surface area (Å²) in [5.74, 6) is 0. The van der Waals surface area contributed by atoms with Gasteiger partial charge in [-0.15, -0.1) is 5.10 Å². The topological polar surface area (TPSA) is 47.5 Å². The first kappa shape index (κ1) is 5.22. The van der Waals surface area contributed by atoms with Crippen molar-refractivity contribution in [3.05, 3.63) is 34.9 Å². The number of pyridine rings is 1. The Morgan fingerprint density at radius 3 is 3.40 bits per heavy atom. The van der Waals surface area contributed by atoms with Crippen molar-refractivity contribution in [2.75, 3.05) is 0 Å². The zero-order valence-electron chi connectivity index (χ0n) is 5.02. The van der Waals surface area contributed by atoms with Gasteiger partial charge < -0.3 is 4.42 Å². The molecular formula is C6H4N2O2. The molecule has 4 heteroatoms. The molecule has 10 heavy (non-hydrogen) atoms. The Balaban J connectivity index is 2.99. The molecule has 2 aromatic heterocycles. The van der Waals surface area contributed by atoms with Crippen LogP contribution in [-0.2, 0) is 0 Å². The molecule has 0 atom stereocenters. The van der Waals surface area contributed by atoms with Gasteiger partial charge in [-0.25, -0.2) is 4.52 Å². The normalized spacial score (nSPS) is 10.4. The first-order valence-corrected chi connectivity index (χ1v) is 2.78. The first-order chi connectivity index (χ1) is 4.86. The van der Waals surface area contributed by atoms with Gasteiger partial charge in [-0.2, -0.15) is 0 Å². The van der Waals surface area contributed by atoms with Crippen molar-refractivity contribution >= 4 is 5.71 Å². The Labute approximate surface area is 55.7 Å². The van der Waals surface area contributed by atoms with E-state index in [0.29, 0.717) is 5.71 Å². The van der Waals surface area contributed by atoms with Crippen molar-refractivity contribution in [2.45, 2.75) is 0 Å². The quantitative estimate of drug-likeness (QED) is 0.522. The fourth-order valence-corrected chi connectivity index (χ4v) is 0.765. The predicted octanol–water partition coefficient (Wildman–Crippen LogP) is 0.287. The van der Waals surface area contributed by atoms with Crippen LogP contribution < -0.4 is 5.43 Å². The third-order valence-electron chi connectivity index (χ3n) is 1.22. The van der Waals surface area contributed by atoms with Gasteiger partial charge in [-0.1, -0.05) is 0 Å². The Morgan fingerprint density at radius 1 is 1.60 bits per heavy atom. The molecule has 0 bridgehead atoms. The van der Waals surface area contributed by atoms with Gasteiger partial charge in [0.25, 0.3) is 0 Å². The van der Waals surface area contributed by atoms with E-state index in [-0.39, 0.29) is 5.43 Å². The van der Waals surface area contributed by atoms with Crippen LogP contribution in [0.1, 0.15) is 0 Å². The average molecular weight is 136 g/mol. The van der Waals surface area contributed by atoms with Crippen molar-refractivity contribution in [1.82, 2.24) is 9.61 Å². The molecule has 2 heterocycles. The summed E-state index contributed by atoms with van der Waals surface area (Å²) in [6.07, 6.45) is 2.84. The molecule has 0 spiro atoms. The predicted molar refractivity (Wildman–Crippen MR) is 33.7 cm³/mol. The van der Waals surface area contributed by atoms with E-state index in [2.05, 4.69) is 5.10 Å². The van der Waals surface area contributed by atoms with Crippen molar-refractivity contribution in [2.24, 2.45) is 0 Å². The summed E-state index contributed by atoms with van der Waals surface area (Å²) in [5, 5.41) is 3.77. The molecule has 0 radical (unpaired) electrons. The minimum atomic E-state index is -0.0725. The molecule has 0 aliphatic carbocycles. The van der Waals surface area contributed by atoms with Gasteiger partial charge in [0.2, 0.25) is 12.1 Å². The van der Waals surface area contributed by atoms with Crippen molar-refractivity contribution in [1.29, 1.82) is 0 Å². The van der Waals surface area contributed by atoms with Crippen LogP contribution in [0.25, 0.3) is 5.71 Å². The summed E-state index contributed by atoms with van der Waals surface area (Å²) in [5.41, 5.74) is 0.393. The van der Waals surface area contributed by atoms with Gasteiger partial charge in [0, 0.05) is 18.3 Å². The van der Waals surface area contributed by atoms with Crippen LogP contribution in [0.4, 0.5) is 0 Å². The molecule has 2 aromatic rings. The second-order valence-electron chi connectivity index (χ2n) is 1.88. The Kier molecular flexibility index (Phi) is 0.887. The summed E-state index contributed by atoms with van der Waals surface area (Å²) < 4.78 is 6.34. The highest BCUT2D eigenvalue weighted by Gasteiger charge is 1.92. The van der Waals surface area contributed by atoms with Crippen LogP contribution in [0.2, 0.25) is 0 Å². The van der Waals surface area contributed by atoms with Crippen LogP contribution >= 0.6 is 0 Å². The molecule has 50 valence electrons. The summed E-state index contributed by atoms with van der Waals surface area (Å²) in [6, 6.07) is 2.81. The van der Waals surface area contributed by atoms with Crippen LogP contribution in [0.3, 0.4) is 0 Å². The van der Waals surface area contributed by atoms with E-state index in [9.17, 15) is 4.79 Å². The molecule has 0 aromatic carbocycles. The van der Waals surface area contributed by atoms with Gasteiger partial charge in [0.15, 0.2) is 5.43 Å². The number of fused-ring (bicyclic) bond motifs is 1. The lowest BCUT2D eigenvalue weighted by molar-refractivity contribution is 0.599. The molecule has 0 saturated heterocycles. The molecule has 0 amide bonds. The fourth-order valence-electron chi connectivity index (χ4n) is 0.765. The molecule has 4 nitrogen and oxygen atoms in total. The number of aromatic nitrogens is 2. The Morgan fingerprint density at radius 2 is 2.50 bits per heavy atom. The van der Waals surface area contributed by atoms with Gasteiger partial charge in [-0.05, 0) is 0 Å². The van der Waals surface area contributed by atoms with Crippen LogP contribution in [0.15, 0.2) is 33.9 Å². The lowest BCUT2D eigenvalue weighted by Gasteiger charge is -1.83. The van der Waals surface area contributed by atoms with Gasteiger partial charge >= 0.3 is 0 Å². The SMILES string of the molecule is O=c1ccn2ncoc2c1. The number of nitrogens with zero attached hydrogens (tertiary/aromatic N) is 2. The highest BCUT2D eigenvalue weighted by Crippen LogP contribution is 1.94. The monoisotopic (exact) mass is 136 g/mol. The molecule has 0 fully saturated rings. The van der Waals surface area contributed by atoms with Crippen molar-refractivity contribution in [3.63, 3.8) is 0 Å². The summed E-state index contributed by atoms with van der Waals surface area (Å²) in [7, 11) is 0. The van der Waals surface area contributed by atoms with E-state index in [0.717, 1.165) is 0 Å². The molecule has 0 unspecified atom stereocenters. The first-order valence-electron chi connectivity index (χ1n) is 2.78. The second kappa shape index (κ2) is 1.70. The van der Waals surface area contributed by atoms with Gasteiger partial charge in [0.05, 0.1) is 0 Å². The van der Waals surface area contributed by atoms with Crippen molar-refractivity contribution < 1.29 is 4.42 Å². The highest BCUT2D eigenvalue weighted by molar-refractivity contribution is 5.30. The summed E-state index contributed by atoms with van der Waals surface area (Å²) in [6.45, 7) is 0. The maximum Gasteiger partial charge on any atom is 0.225 e. The van der Waals surface area contributed by atoms with E-state index in [1.165, 1.54) is 23.0 Å². The maximum absolute atomic E-state index is 10.7. The minimum absolute atomic E-state index is 0.0725.